The Morgan fingerprint density at radius 3 is 2.77 bits per heavy atom. The van der Waals surface area contributed by atoms with Crippen LogP contribution in [0.15, 0.2) is 24.3 Å². The van der Waals surface area contributed by atoms with Crippen LogP contribution < -0.4 is 14.8 Å². The summed E-state index contributed by atoms with van der Waals surface area (Å²) in [6.07, 6.45) is 1.56. The first kappa shape index (κ1) is 16.1. The van der Waals surface area contributed by atoms with E-state index in [4.69, 9.17) is 9.47 Å². The number of ether oxygens (including phenoxy) is 2. The third kappa shape index (κ3) is 4.13. The van der Waals surface area contributed by atoms with Crippen LogP contribution in [-0.4, -0.2) is 49.6 Å². The van der Waals surface area contributed by atoms with Crippen molar-refractivity contribution in [2.75, 3.05) is 26.7 Å². The Hall–Kier alpha value is -2.24. The number of benzene rings is 1. The third-order valence-electron chi connectivity index (χ3n) is 3.45. The van der Waals surface area contributed by atoms with Crippen LogP contribution in [0.1, 0.15) is 19.8 Å². The fraction of sp³-hybridized carbons (Fsp3) is 0.500. The van der Waals surface area contributed by atoms with Gasteiger partial charge in [-0.05, 0) is 18.6 Å². The number of unbranched alkanes of at least 4 members (excludes halogenated alkanes) is 1. The highest BCUT2D eigenvalue weighted by Crippen LogP contribution is 2.30. The predicted octanol–water partition coefficient (Wildman–Crippen LogP) is 1.20. The normalized spacial score (nSPS) is 16.0. The standard InChI is InChI=1S/C16H22N2O4/c1-3-4-9-18(2)16(20)15(19)17-10-12-11-21-13-7-5-6-8-14(13)22-12/h5-8,12H,3-4,9-11H2,1-2H3,(H,17,19). The molecule has 6 heteroatoms. The van der Waals surface area contributed by atoms with Crippen molar-refractivity contribution in [2.24, 2.45) is 0 Å². The molecule has 0 fully saturated rings. The van der Waals surface area contributed by atoms with Gasteiger partial charge in [-0.25, -0.2) is 0 Å². The molecule has 0 spiro atoms. The van der Waals surface area contributed by atoms with Crippen LogP contribution in [0.3, 0.4) is 0 Å². The lowest BCUT2D eigenvalue weighted by molar-refractivity contribution is -0.145. The molecule has 0 saturated heterocycles. The predicted molar refractivity (Wildman–Crippen MR) is 81.9 cm³/mol. The van der Waals surface area contributed by atoms with Gasteiger partial charge < -0.3 is 19.7 Å². The number of carbonyl (C=O) groups excluding carboxylic acids is 2. The molecule has 6 nitrogen and oxygen atoms in total. The van der Waals surface area contributed by atoms with Gasteiger partial charge >= 0.3 is 11.8 Å². The molecule has 2 rings (SSSR count). The summed E-state index contributed by atoms with van der Waals surface area (Å²) in [6.45, 7) is 3.20. The highest BCUT2D eigenvalue weighted by Gasteiger charge is 2.23. The first-order chi connectivity index (χ1) is 10.6. The summed E-state index contributed by atoms with van der Waals surface area (Å²) in [5, 5.41) is 2.61. The fourth-order valence-corrected chi connectivity index (χ4v) is 2.12. The van der Waals surface area contributed by atoms with E-state index in [1.165, 1.54) is 4.90 Å². The molecule has 1 aromatic rings. The summed E-state index contributed by atoms with van der Waals surface area (Å²) in [6, 6.07) is 7.37. The average molecular weight is 306 g/mol. The molecule has 2 amide bonds. The van der Waals surface area contributed by atoms with Crippen molar-refractivity contribution in [1.82, 2.24) is 10.2 Å². The summed E-state index contributed by atoms with van der Waals surface area (Å²) >= 11 is 0. The van der Waals surface area contributed by atoms with E-state index >= 15 is 0 Å². The van der Waals surface area contributed by atoms with Crippen LogP contribution in [-0.2, 0) is 9.59 Å². The van der Waals surface area contributed by atoms with Gasteiger partial charge in [0, 0.05) is 13.6 Å². The summed E-state index contributed by atoms with van der Waals surface area (Å²) < 4.78 is 11.3. The molecule has 1 N–H and O–H groups in total. The van der Waals surface area contributed by atoms with Crippen molar-refractivity contribution >= 4 is 11.8 Å². The molecule has 1 atom stereocenters. The number of carbonyl (C=O) groups is 2. The van der Waals surface area contributed by atoms with E-state index in [9.17, 15) is 9.59 Å². The van der Waals surface area contributed by atoms with Crippen molar-refractivity contribution in [1.29, 1.82) is 0 Å². The van der Waals surface area contributed by atoms with Gasteiger partial charge in [-0.1, -0.05) is 25.5 Å². The van der Waals surface area contributed by atoms with E-state index in [1.54, 1.807) is 7.05 Å². The second-order valence-corrected chi connectivity index (χ2v) is 5.29. The highest BCUT2D eigenvalue weighted by molar-refractivity contribution is 6.34. The number of nitrogens with zero attached hydrogens (tertiary/aromatic N) is 1. The van der Waals surface area contributed by atoms with Gasteiger partial charge in [0.1, 0.15) is 12.7 Å². The number of hydrogen-bond donors (Lipinski definition) is 1. The van der Waals surface area contributed by atoms with Crippen LogP contribution in [0.5, 0.6) is 11.5 Å². The molecule has 22 heavy (non-hydrogen) atoms. The van der Waals surface area contributed by atoms with E-state index in [-0.39, 0.29) is 12.6 Å². The van der Waals surface area contributed by atoms with Crippen molar-refractivity contribution < 1.29 is 19.1 Å². The number of rotatable bonds is 5. The summed E-state index contributed by atoms with van der Waals surface area (Å²) in [5.41, 5.74) is 0. The zero-order valence-electron chi connectivity index (χ0n) is 13.0. The van der Waals surface area contributed by atoms with E-state index in [1.807, 2.05) is 31.2 Å². The minimum Gasteiger partial charge on any atom is -0.486 e. The smallest absolute Gasteiger partial charge is 0.311 e. The van der Waals surface area contributed by atoms with Crippen molar-refractivity contribution in [2.45, 2.75) is 25.9 Å². The van der Waals surface area contributed by atoms with Crippen molar-refractivity contribution in [3.63, 3.8) is 0 Å². The van der Waals surface area contributed by atoms with Crippen molar-refractivity contribution in [3.05, 3.63) is 24.3 Å². The van der Waals surface area contributed by atoms with E-state index in [2.05, 4.69) is 5.32 Å². The Labute approximate surface area is 130 Å². The summed E-state index contributed by atoms with van der Waals surface area (Å²) in [5.74, 6) is 0.214. The lowest BCUT2D eigenvalue weighted by Crippen LogP contribution is -2.46. The Bertz CT molecular complexity index is 533. The van der Waals surface area contributed by atoms with Gasteiger partial charge in [0.15, 0.2) is 11.5 Å². The van der Waals surface area contributed by atoms with Crippen LogP contribution in [0.25, 0.3) is 0 Å². The first-order valence-electron chi connectivity index (χ1n) is 7.53. The zero-order valence-corrected chi connectivity index (χ0v) is 13.0. The van der Waals surface area contributed by atoms with Crippen LogP contribution in [0.2, 0.25) is 0 Å². The van der Waals surface area contributed by atoms with E-state index < -0.39 is 11.8 Å². The average Bonchev–Trinajstić information content (AvgIpc) is 2.56. The molecule has 0 aliphatic carbocycles. The van der Waals surface area contributed by atoms with Crippen LogP contribution in [0, 0.1) is 0 Å². The van der Waals surface area contributed by atoms with Gasteiger partial charge in [-0.15, -0.1) is 0 Å². The van der Waals surface area contributed by atoms with Gasteiger partial charge in [0.2, 0.25) is 0 Å². The highest BCUT2D eigenvalue weighted by atomic mass is 16.6. The lowest BCUT2D eigenvalue weighted by atomic mass is 10.2. The second kappa shape index (κ2) is 7.68. The molecular weight excluding hydrogens is 284 g/mol. The molecular formula is C16H22N2O4. The van der Waals surface area contributed by atoms with Crippen molar-refractivity contribution in [3.8, 4) is 11.5 Å². The maximum atomic E-state index is 11.9. The molecule has 1 aliphatic heterocycles. The van der Waals surface area contributed by atoms with E-state index in [0.717, 1.165) is 12.8 Å². The Morgan fingerprint density at radius 1 is 1.32 bits per heavy atom. The Balaban J connectivity index is 1.79. The summed E-state index contributed by atoms with van der Waals surface area (Å²) in [7, 11) is 1.63. The molecule has 1 unspecified atom stereocenters. The van der Waals surface area contributed by atoms with Gasteiger partial charge in [-0.2, -0.15) is 0 Å². The van der Waals surface area contributed by atoms with Crippen LogP contribution >= 0.6 is 0 Å². The molecule has 1 aromatic carbocycles. The number of likely N-dealkylation sites (N-methyl/N-ethyl adjacent to an activating group) is 1. The molecule has 120 valence electrons. The van der Waals surface area contributed by atoms with Gasteiger partial charge in [0.25, 0.3) is 0 Å². The molecule has 0 bridgehead atoms. The minimum atomic E-state index is -0.610. The Kier molecular flexibility index (Phi) is 5.63. The lowest BCUT2D eigenvalue weighted by Gasteiger charge is -2.26. The molecule has 1 heterocycles. The zero-order chi connectivity index (χ0) is 15.9. The van der Waals surface area contributed by atoms with Gasteiger partial charge in [-0.3, -0.25) is 9.59 Å². The number of nitrogens with one attached hydrogen (secondary N) is 1. The first-order valence-corrected chi connectivity index (χ1v) is 7.53. The molecule has 1 aliphatic rings. The maximum Gasteiger partial charge on any atom is 0.311 e. The van der Waals surface area contributed by atoms with Gasteiger partial charge in [0.05, 0.1) is 6.54 Å². The quantitative estimate of drug-likeness (QED) is 0.830. The van der Waals surface area contributed by atoms with E-state index in [0.29, 0.717) is 24.7 Å². The minimum absolute atomic E-state index is 0.237. The molecule has 0 radical (unpaired) electrons. The second-order valence-electron chi connectivity index (χ2n) is 5.29. The largest absolute Gasteiger partial charge is 0.486 e. The number of para-hydroxylation sites is 2. The summed E-state index contributed by atoms with van der Waals surface area (Å²) in [4.78, 5) is 25.1. The maximum absolute atomic E-state index is 11.9. The van der Waals surface area contributed by atoms with Crippen LogP contribution in [0.4, 0.5) is 0 Å². The number of fused-ring (bicyclic) bond motifs is 1. The molecule has 0 saturated carbocycles. The molecule has 0 aromatic heterocycles. The number of amides is 2. The fourth-order valence-electron chi connectivity index (χ4n) is 2.12. The number of hydrogen-bond acceptors (Lipinski definition) is 4. The monoisotopic (exact) mass is 306 g/mol. The topological polar surface area (TPSA) is 67.9 Å². The SMILES string of the molecule is CCCCN(C)C(=O)C(=O)NCC1COc2ccccc2O1. The Morgan fingerprint density at radius 2 is 2.05 bits per heavy atom. The third-order valence-corrected chi connectivity index (χ3v) is 3.45.